The number of nitriles is 1. The van der Waals surface area contributed by atoms with Crippen LogP contribution in [0.5, 0.6) is 11.5 Å². The van der Waals surface area contributed by atoms with Crippen LogP contribution in [0.2, 0.25) is 0 Å². The molecule has 214 valence electrons. The lowest BCUT2D eigenvalue weighted by molar-refractivity contribution is -0.115. The molecule has 2 N–H and O–H groups in total. The van der Waals surface area contributed by atoms with Crippen molar-refractivity contribution in [2.24, 2.45) is 0 Å². The molecule has 0 fully saturated rings. The molecule has 0 spiro atoms. The normalized spacial score (nSPS) is 14.7. The van der Waals surface area contributed by atoms with Gasteiger partial charge in [-0.1, -0.05) is 42.5 Å². The molecule has 5 rings (SSSR count). The van der Waals surface area contributed by atoms with Crippen molar-refractivity contribution >= 4 is 45.6 Å². The highest BCUT2D eigenvalue weighted by molar-refractivity contribution is 8.00. The van der Waals surface area contributed by atoms with E-state index in [9.17, 15) is 14.9 Å². The molecule has 1 aliphatic carbocycles. The predicted octanol–water partition coefficient (Wildman–Crippen LogP) is 7.28. The Labute approximate surface area is 253 Å². The van der Waals surface area contributed by atoms with Crippen molar-refractivity contribution in [3.05, 3.63) is 99.9 Å². The number of methoxy groups -OCH3 is 2. The molecule has 0 radical (unpaired) electrons. The molecule has 1 heterocycles. The molecule has 0 saturated carbocycles. The van der Waals surface area contributed by atoms with Gasteiger partial charge in [-0.2, -0.15) is 5.26 Å². The van der Waals surface area contributed by atoms with Crippen molar-refractivity contribution < 1.29 is 19.1 Å². The molecule has 2 unspecified atom stereocenters. The number of carbonyl (C=O) groups is 2. The first kappa shape index (κ1) is 29.2. The van der Waals surface area contributed by atoms with Crippen molar-refractivity contribution in [2.45, 2.75) is 42.2 Å². The van der Waals surface area contributed by atoms with E-state index in [1.807, 2.05) is 31.2 Å². The van der Waals surface area contributed by atoms with Gasteiger partial charge in [-0.3, -0.25) is 9.59 Å². The summed E-state index contributed by atoms with van der Waals surface area (Å²) in [6.45, 7) is 1.83. The molecular formula is C33H31N3O4S2. The van der Waals surface area contributed by atoms with E-state index in [4.69, 9.17) is 9.47 Å². The summed E-state index contributed by atoms with van der Waals surface area (Å²) >= 11 is 2.90. The number of anilines is 2. The zero-order valence-electron chi connectivity index (χ0n) is 23.6. The van der Waals surface area contributed by atoms with Gasteiger partial charge in [0.1, 0.15) is 28.1 Å². The number of hydrogen-bond acceptors (Lipinski definition) is 7. The second-order valence-corrected chi connectivity index (χ2v) is 12.5. The topological polar surface area (TPSA) is 100 Å². The standard InChI is InChI=1S/C33H31N3O4S2/c1-20(41-24-12-7-11-23(18-24)35-32(38)30-27(39-2)13-8-14-28(30)40-3)31(37)36-33-26(19-34)25-16-15-22(17-29(25)42-33)21-9-5-4-6-10-21/h4-14,18,20,22H,15-17H2,1-3H3,(H,35,38)(H,36,37). The number of carbonyl (C=O) groups excluding carboxylic acids is 2. The molecule has 3 aromatic carbocycles. The first-order chi connectivity index (χ1) is 20.4. The first-order valence-corrected chi connectivity index (χ1v) is 15.3. The monoisotopic (exact) mass is 597 g/mol. The molecule has 2 amide bonds. The number of rotatable bonds is 9. The Morgan fingerprint density at radius 1 is 1.00 bits per heavy atom. The number of benzene rings is 3. The minimum absolute atomic E-state index is 0.178. The van der Waals surface area contributed by atoms with E-state index in [0.717, 1.165) is 29.7 Å². The van der Waals surface area contributed by atoms with Crippen LogP contribution in [0.4, 0.5) is 10.7 Å². The average molecular weight is 598 g/mol. The molecule has 1 aromatic heterocycles. The molecule has 42 heavy (non-hydrogen) atoms. The van der Waals surface area contributed by atoms with Gasteiger partial charge >= 0.3 is 0 Å². The Balaban J connectivity index is 1.25. The molecule has 2 atom stereocenters. The number of nitrogens with one attached hydrogen (secondary N) is 2. The lowest BCUT2D eigenvalue weighted by atomic mass is 9.83. The Hall–Kier alpha value is -4.26. The Morgan fingerprint density at radius 3 is 2.40 bits per heavy atom. The van der Waals surface area contributed by atoms with Gasteiger partial charge in [0, 0.05) is 15.5 Å². The van der Waals surface area contributed by atoms with Gasteiger partial charge in [-0.25, -0.2) is 0 Å². The number of ether oxygens (including phenoxy) is 2. The van der Waals surface area contributed by atoms with Crippen LogP contribution >= 0.6 is 23.1 Å². The summed E-state index contributed by atoms with van der Waals surface area (Å²) in [6.07, 6.45) is 2.69. The van der Waals surface area contributed by atoms with Crippen LogP contribution in [0.3, 0.4) is 0 Å². The summed E-state index contributed by atoms with van der Waals surface area (Å²) in [4.78, 5) is 28.3. The summed E-state index contributed by atoms with van der Waals surface area (Å²) in [5.74, 6) is 0.689. The van der Waals surface area contributed by atoms with Crippen molar-refractivity contribution in [1.29, 1.82) is 5.26 Å². The van der Waals surface area contributed by atoms with Crippen LogP contribution < -0.4 is 20.1 Å². The van der Waals surface area contributed by atoms with Crippen LogP contribution in [0, 0.1) is 11.3 Å². The van der Waals surface area contributed by atoms with Crippen LogP contribution in [0.25, 0.3) is 0 Å². The van der Waals surface area contributed by atoms with E-state index in [1.54, 1.807) is 24.3 Å². The van der Waals surface area contributed by atoms with Crippen molar-refractivity contribution in [2.75, 3.05) is 24.9 Å². The third-order valence-electron chi connectivity index (χ3n) is 7.31. The van der Waals surface area contributed by atoms with E-state index < -0.39 is 5.25 Å². The van der Waals surface area contributed by atoms with Gasteiger partial charge in [0.15, 0.2) is 0 Å². The maximum Gasteiger partial charge on any atom is 0.263 e. The second-order valence-electron chi connectivity index (χ2n) is 9.94. The number of thioether (sulfide) groups is 1. The van der Waals surface area contributed by atoms with Crippen molar-refractivity contribution in [3.8, 4) is 17.6 Å². The summed E-state index contributed by atoms with van der Waals surface area (Å²) in [5, 5.41) is 16.0. The average Bonchev–Trinajstić information content (AvgIpc) is 3.37. The maximum atomic E-state index is 13.2. The zero-order chi connectivity index (χ0) is 29.6. The van der Waals surface area contributed by atoms with Gasteiger partial charge in [-0.15, -0.1) is 23.1 Å². The van der Waals surface area contributed by atoms with Crippen molar-refractivity contribution in [3.63, 3.8) is 0 Å². The van der Waals surface area contributed by atoms with Crippen LogP contribution in [0.1, 0.15) is 51.2 Å². The largest absolute Gasteiger partial charge is 0.496 e. The van der Waals surface area contributed by atoms with Gasteiger partial charge < -0.3 is 20.1 Å². The smallest absolute Gasteiger partial charge is 0.263 e. The predicted molar refractivity (Wildman–Crippen MR) is 168 cm³/mol. The fourth-order valence-electron chi connectivity index (χ4n) is 5.19. The highest BCUT2D eigenvalue weighted by atomic mass is 32.2. The molecule has 0 saturated heterocycles. The van der Waals surface area contributed by atoms with E-state index in [1.165, 1.54) is 47.8 Å². The summed E-state index contributed by atoms with van der Waals surface area (Å²) in [5.41, 5.74) is 3.85. The van der Waals surface area contributed by atoms with Crippen LogP contribution in [-0.2, 0) is 17.6 Å². The van der Waals surface area contributed by atoms with Gasteiger partial charge in [0.2, 0.25) is 5.91 Å². The second kappa shape index (κ2) is 13.1. The summed E-state index contributed by atoms with van der Waals surface area (Å²) in [6, 6.07) is 25.3. The number of nitrogens with zero attached hydrogens (tertiary/aromatic N) is 1. The number of amides is 2. The third kappa shape index (κ3) is 6.30. The molecular weight excluding hydrogens is 567 g/mol. The Kier molecular flexibility index (Phi) is 9.15. The lowest BCUT2D eigenvalue weighted by Crippen LogP contribution is -2.22. The highest BCUT2D eigenvalue weighted by Gasteiger charge is 2.28. The summed E-state index contributed by atoms with van der Waals surface area (Å²) < 4.78 is 10.7. The quantitative estimate of drug-likeness (QED) is 0.197. The third-order valence-corrected chi connectivity index (χ3v) is 9.58. The van der Waals surface area contributed by atoms with Gasteiger partial charge in [0.05, 0.1) is 25.0 Å². The molecule has 1 aliphatic rings. The minimum Gasteiger partial charge on any atom is -0.496 e. The molecule has 7 nitrogen and oxygen atoms in total. The number of thiophene rings is 1. The highest BCUT2D eigenvalue weighted by Crippen LogP contribution is 2.42. The number of fused-ring (bicyclic) bond motifs is 1. The van der Waals surface area contributed by atoms with E-state index in [-0.39, 0.29) is 11.8 Å². The first-order valence-electron chi connectivity index (χ1n) is 13.6. The van der Waals surface area contributed by atoms with E-state index in [0.29, 0.717) is 39.2 Å². The van der Waals surface area contributed by atoms with Crippen LogP contribution in [-0.4, -0.2) is 31.3 Å². The molecule has 0 aliphatic heterocycles. The van der Waals surface area contributed by atoms with E-state index in [2.05, 4.69) is 41.0 Å². The molecule has 4 aromatic rings. The Bertz CT molecular complexity index is 1620. The molecule has 0 bridgehead atoms. The fraction of sp³-hybridized carbons (Fsp3) is 0.242. The van der Waals surface area contributed by atoms with Crippen molar-refractivity contribution in [1.82, 2.24) is 0 Å². The number of hydrogen-bond donors (Lipinski definition) is 2. The Morgan fingerprint density at radius 2 is 1.71 bits per heavy atom. The maximum absolute atomic E-state index is 13.2. The molecule has 9 heteroatoms. The lowest BCUT2D eigenvalue weighted by Gasteiger charge is -2.22. The zero-order valence-corrected chi connectivity index (χ0v) is 25.2. The minimum atomic E-state index is -0.437. The van der Waals surface area contributed by atoms with Crippen LogP contribution in [0.15, 0.2) is 77.7 Å². The van der Waals surface area contributed by atoms with Gasteiger partial charge in [0.25, 0.3) is 5.91 Å². The SMILES string of the molecule is COc1cccc(OC)c1C(=O)Nc1cccc(SC(C)C(=O)Nc2sc3c(c2C#N)CCC(c2ccccc2)C3)c1. The fourth-order valence-corrected chi connectivity index (χ4v) is 7.40. The van der Waals surface area contributed by atoms with E-state index >= 15 is 0 Å². The van der Waals surface area contributed by atoms with Gasteiger partial charge in [-0.05, 0) is 73.6 Å². The summed E-state index contributed by atoms with van der Waals surface area (Å²) in [7, 11) is 3.00.